The summed E-state index contributed by atoms with van der Waals surface area (Å²) < 4.78 is 0. The van der Waals surface area contributed by atoms with Crippen LogP contribution in [0.5, 0.6) is 0 Å². The van der Waals surface area contributed by atoms with Gasteiger partial charge in [-0.1, -0.05) is 24.3 Å². The highest BCUT2D eigenvalue weighted by Crippen LogP contribution is 2.48. The van der Waals surface area contributed by atoms with E-state index in [9.17, 15) is 4.79 Å². The number of carbonyl (C=O) groups is 1. The molecule has 1 amide bonds. The number of rotatable bonds is 5. The lowest BCUT2D eigenvalue weighted by Crippen LogP contribution is -2.41. The van der Waals surface area contributed by atoms with Gasteiger partial charge in [-0.05, 0) is 51.2 Å². The monoisotopic (exact) mass is 274 g/mol. The van der Waals surface area contributed by atoms with Crippen molar-refractivity contribution in [3.8, 4) is 0 Å². The smallest absolute Gasteiger partial charge is 0.223 e. The minimum absolute atomic E-state index is 0.105. The van der Waals surface area contributed by atoms with Gasteiger partial charge in [-0.3, -0.25) is 4.79 Å². The van der Waals surface area contributed by atoms with Crippen molar-refractivity contribution in [3.63, 3.8) is 0 Å². The lowest BCUT2D eigenvalue weighted by Gasteiger charge is -2.20. The third-order valence-electron chi connectivity index (χ3n) is 3.79. The highest BCUT2D eigenvalue weighted by Gasteiger charge is 2.44. The molecular weight excluding hydrogens is 248 g/mol. The molecule has 110 valence electrons. The first-order valence-electron chi connectivity index (χ1n) is 7.47. The standard InChI is InChI=1S/C17H26N2O/c1-12-7-5-6-8-13(12)14-11-15(14)16(20)18-9-10-19-17(2,3)4/h5-8,14-15,19H,9-11H2,1-4H3,(H,18,20)/t14-,15+/m1/s1. The zero-order chi connectivity index (χ0) is 14.8. The van der Waals surface area contributed by atoms with E-state index in [0.717, 1.165) is 13.0 Å². The summed E-state index contributed by atoms with van der Waals surface area (Å²) in [6.45, 7) is 10.0. The maximum Gasteiger partial charge on any atom is 0.223 e. The van der Waals surface area contributed by atoms with Crippen molar-refractivity contribution in [3.05, 3.63) is 35.4 Å². The van der Waals surface area contributed by atoms with Crippen LogP contribution in [0.4, 0.5) is 0 Å². The van der Waals surface area contributed by atoms with E-state index in [-0.39, 0.29) is 17.4 Å². The Morgan fingerprint density at radius 3 is 2.60 bits per heavy atom. The maximum atomic E-state index is 12.1. The van der Waals surface area contributed by atoms with E-state index in [0.29, 0.717) is 12.5 Å². The lowest BCUT2D eigenvalue weighted by molar-refractivity contribution is -0.122. The number of amides is 1. The van der Waals surface area contributed by atoms with Gasteiger partial charge in [0.15, 0.2) is 0 Å². The minimum atomic E-state index is 0.105. The van der Waals surface area contributed by atoms with Crippen LogP contribution in [0.15, 0.2) is 24.3 Å². The second-order valence-corrected chi connectivity index (χ2v) is 6.77. The molecule has 0 aliphatic heterocycles. The van der Waals surface area contributed by atoms with Crippen molar-refractivity contribution in [1.29, 1.82) is 0 Å². The van der Waals surface area contributed by atoms with E-state index in [1.807, 2.05) is 0 Å². The Kier molecular flexibility index (Phi) is 4.48. The molecule has 1 aromatic rings. The Morgan fingerprint density at radius 1 is 1.25 bits per heavy atom. The van der Waals surface area contributed by atoms with E-state index in [1.165, 1.54) is 11.1 Å². The van der Waals surface area contributed by atoms with Gasteiger partial charge in [-0.15, -0.1) is 0 Å². The number of hydrogen-bond donors (Lipinski definition) is 2. The normalized spacial score (nSPS) is 21.6. The van der Waals surface area contributed by atoms with Gasteiger partial charge in [0.2, 0.25) is 5.91 Å². The zero-order valence-corrected chi connectivity index (χ0v) is 13.0. The van der Waals surface area contributed by atoms with Gasteiger partial charge in [-0.25, -0.2) is 0 Å². The van der Waals surface area contributed by atoms with Gasteiger partial charge >= 0.3 is 0 Å². The third-order valence-corrected chi connectivity index (χ3v) is 3.79. The summed E-state index contributed by atoms with van der Waals surface area (Å²) >= 11 is 0. The van der Waals surface area contributed by atoms with Gasteiger partial charge in [-0.2, -0.15) is 0 Å². The van der Waals surface area contributed by atoms with Crippen LogP contribution in [0.25, 0.3) is 0 Å². The van der Waals surface area contributed by atoms with Crippen LogP contribution in [0.2, 0.25) is 0 Å². The SMILES string of the molecule is Cc1ccccc1[C@H]1C[C@@H]1C(=O)NCCNC(C)(C)C. The van der Waals surface area contributed by atoms with E-state index in [2.05, 4.69) is 62.6 Å². The highest BCUT2D eigenvalue weighted by molar-refractivity contribution is 5.83. The first kappa shape index (κ1) is 15.0. The molecule has 1 aliphatic carbocycles. The van der Waals surface area contributed by atoms with Gasteiger partial charge in [0.25, 0.3) is 0 Å². The van der Waals surface area contributed by atoms with Gasteiger partial charge in [0, 0.05) is 24.5 Å². The predicted molar refractivity (Wildman–Crippen MR) is 82.8 cm³/mol. The van der Waals surface area contributed by atoms with Crippen LogP contribution in [0.3, 0.4) is 0 Å². The summed E-state index contributed by atoms with van der Waals surface area (Å²) in [5.41, 5.74) is 2.73. The van der Waals surface area contributed by atoms with Crippen LogP contribution in [-0.2, 0) is 4.79 Å². The largest absolute Gasteiger partial charge is 0.355 e. The predicted octanol–water partition coefficient (Wildman–Crippen LogP) is 2.60. The van der Waals surface area contributed by atoms with Gasteiger partial charge < -0.3 is 10.6 Å². The van der Waals surface area contributed by atoms with E-state index >= 15 is 0 Å². The quantitative estimate of drug-likeness (QED) is 0.810. The van der Waals surface area contributed by atoms with Crippen molar-refractivity contribution >= 4 is 5.91 Å². The Hall–Kier alpha value is -1.35. The van der Waals surface area contributed by atoms with Gasteiger partial charge in [0.05, 0.1) is 0 Å². The molecule has 3 nitrogen and oxygen atoms in total. The third kappa shape index (κ3) is 4.07. The Balaban J connectivity index is 1.75. The molecule has 20 heavy (non-hydrogen) atoms. The number of hydrogen-bond acceptors (Lipinski definition) is 2. The van der Waals surface area contributed by atoms with E-state index in [4.69, 9.17) is 0 Å². The summed E-state index contributed by atoms with van der Waals surface area (Å²) in [5, 5.41) is 6.41. The first-order valence-corrected chi connectivity index (χ1v) is 7.47. The van der Waals surface area contributed by atoms with Crippen molar-refractivity contribution in [2.75, 3.05) is 13.1 Å². The van der Waals surface area contributed by atoms with Gasteiger partial charge in [0.1, 0.15) is 0 Å². The molecular formula is C17H26N2O. The van der Waals surface area contributed by atoms with Crippen molar-refractivity contribution < 1.29 is 4.79 Å². The molecule has 0 unspecified atom stereocenters. The molecule has 2 rings (SSSR count). The second-order valence-electron chi connectivity index (χ2n) is 6.77. The fourth-order valence-corrected chi connectivity index (χ4v) is 2.59. The molecule has 3 heteroatoms. The van der Waals surface area contributed by atoms with Crippen LogP contribution < -0.4 is 10.6 Å². The molecule has 0 heterocycles. The molecule has 1 aromatic carbocycles. The number of nitrogens with one attached hydrogen (secondary N) is 2. The summed E-state index contributed by atoms with van der Waals surface area (Å²) in [5.74, 6) is 0.798. The Morgan fingerprint density at radius 2 is 1.95 bits per heavy atom. The molecule has 1 saturated carbocycles. The van der Waals surface area contributed by atoms with E-state index in [1.54, 1.807) is 0 Å². The summed E-state index contributed by atoms with van der Waals surface area (Å²) in [6, 6.07) is 8.38. The first-order chi connectivity index (χ1) is 9.38. The fourth-order valence-electron chi connectivity index (χ4n) is 2.59. The molecule has 0 aromatic heterocycles. The highest BCUT2D eigenvalue weighted by atomic mass is 16.2. The van der Waals surface area contributed by atoms with Crippen LogP contribution in [0, 0.1) is 12.8 Å². The zero-order valence-electron chi connectivity index (χ0n) is 13.0. The minimum Gasteiger partial charge on any atom is -0.355 e. The number of benzene rings is 1. The van der Waals surface area contributed by atoms with Crippen molar-refractivity contribution in [1.82, 2.24) is 10.6 Å². The Labute approximate surface area is 122 Å². The maximum absolute atomic E-state index is 12.1. The molecule has 0 bridgehead atoms. The lowest BCUT2D eigenvalue weighted by atomic mass is 10.0. The summed E-state index contributed by atoms with van der Waals surface area (Å²) in [4.78, 5) is 12.1. The summed E-state index contributed by atoms with van der Waals surface area (Å²) in [6.07, 6.45) is 0.989. The molecule has 0 spiro atoms. The molecule has 1 aliphatic rings. The summed E-state index contributed by atoms with van der Waals surface area (Å²) in [7, 11) is 0. The molecule has 0 radical (unpaired) electrons. The fraction of sp³-hybridized carbons (Fsp3) is 0.588. The molecule has 2 atom stereocenters. The molecule has 2 N–H and O–H groups in total. The number of carbonyl (C=O) groups excluding carboxylic acids is 1. The van der Waals surface area contributed by atoms with Crippen molar-refractivity contribution in [2.45, 2.75) is 45.6 Å². The van der Waals surface area contributed by atoms with Crippen LogP contribution in [-0.4, -0.2) is 24.5 Å². The van der Waals surface area contributed by atoms with Crippen molar-refractivity contribution in [2.24, 2.45) is 5.92 Å². The topological polar surface area (TPSA) is 41.1 Å². The molecule has 1 fully saturated rings. The van der Waals surface area contributed by atoms with Crippen LogP contribution in [0.1, 0.15) is 44.2 Å². The average molecular weight is 274 g/mol. The van der Waals surface area contributed by atoms with Crippen LogP contribution >= 0.6 is 0 Å². The Bertz CT molecular complexity index is 476. The second kappa shape index (κ2) is 5.96. The number of aryl methyl sites for hydroxylation is 1. The average Bonchev–Trinajstić information content (AvgIpc) is 3.14. The molecule has 0 saturated heterocycles. The van der Waals surface area contributed by atoms with E-state index < -0.39 is 0 Å².